The number of halogens is 3. The monoisotopic (exact) mass is 353 g/mol. The average Bonchev–Trinajstić information content (AvgIpc) is 3.12. The summed E-state index contributed by atoms with van der Waals surface area (Å²) < 4.78 is 42.5. The van der Waals surface area contributed by atoms with Gasteiger partial charge in [-0.25, -0.2) is 0 Å². The Morgan fingerprint density at radius 1 is 1.32 bits per heavy atom. The summed E-state index contributed by atoms with van der Waals surface area (Å²) in [6.07, 6.45) is -4.44. The largest absolute Gasteiger partial charge is 0.416 e. The number of nitrogens with one attached hydrogen (secondary N) is 1. The van der Waals surface area contributed by atoms with Crippen molar-refractivity contribution in [2.45, 2.75) is 19.5 Å². The molecule has 2 aromatic rings. The summed E-state index contributed by atoms with van der Waals surface area (Å²) in [5, 5.41) is 6.28. The van der Waals surface area contributed by atoms with Crippen molar-refractivity contribution < 1.29 is 27.3 Å². The summed E-state index contributed by atoms with van der Waals surface area (Å²) in [6.45, 7) is 1.82. The molecule has 1 aromatic carbocycles. The highest BCUT2D eigenvalue weighted by atomic mass is 19.4. The number of carbonyl (C=O) groups excluding carboxylic acids is 2. The van der Waals surface area contributed by atoms with E-state index in [1.54, 1.807) is 13.0 Å². The fourth-order valence-electron chi connectivity index (χ4n) is 2.57. The van der Waals surface area contributed by atoms with Crippen LogP contribution in [0.1, 0.15) is 17.7 Å². The predicted molar refractivity (Wildman–Crippen MR) is 81.8 cm³/mol. The van der Waals surface area contributed by atoms with Crippen LogP contribution in [0, 0.1) is 12.8 Å². The molecule has 0 radical (unpaired) electrons. The van der Waals surface area contributed by atoms with Gasteiger partial charge in [0.05, 0.1) is 11.5 Å². The van der Waals surface area contributed by atoms with Crippen molar-refractivity contribution in [2.24, 2.45) is 5.92 Å². The maximum atomic E-state index is 12.5. The van der Waals surface area contributed by atoms with Gasteiger partial charge in [0.15, 0.2) is 5.82 Å². The Kier molecular flexibility index (Phi) is 4.23. The molecule has 1 N–H and O–H groups in total. The number of amides is 2. The van der Waals surface area contributed by atoms with Crippen LogP contribution >= 0.6 is 0 Å². The van der Waals surface area contributed by atoms with Gasteiger partial charge in [0.2, 0.25) is 11.8 Å². The fourth-order valence-corrected chi connectivity index (χ4v) is 2.57. The van der Waals surface area contributed by atoms with Crippen molar-refractivity contribution in [1.29, 1.82) is 0 Å². The molecule has 25 heavy (non-hydrogen) atoms. The van der Waals surface area contributed by atoms with Gasteiger partial charge in [0, 0.05) is 24.7 Å². The quantitative estimate of drug-likeness (QED) is 0.920. The Labute approximate surface area is 140 Å². The Morgan fingerprint density at radius 3 is 2.56 bits per heavy atom. The number of hydrogen-bond acceptors (Lipinski definition) is 4. The zero-order valence-corrected chi connectivity index (χ0v) is 13.1. The van der Waals surface area contributed by atoms with Crippen LogP contribution in [-0.2, 0) is 15.8 Å². The third-order valence-corrected chi connectivity index (χ3v) is 3.87. The highest BCUT2D eigenvalue weighted by Crippen LogP contribution is 2.30. The van der Waals surface area contributed by atoms with Crippen LogP contribution < -0.4 is 10.2 Å². The normalized spacial score (nSPS) is 17.8. The number of hydrogen-bond donors (Lipinski definition) is 1. The van der Waals surface area contributed by atoms with E-state index in [0.29, 0.717) is 11.6 Å². The molecular formula is C16H14F3N3O3. The smallest absolute Gasteiger partial charge is 0.360 e. The SMILES string of the molecule is Cc1cc(N2CC(C(=O)Nc3ccc(C(F)(F)F)cc3)CC2=O)no1. The zero-order valence-electron chi connectivity index (χ0n) is 13.1. The fraction of sp³-hybridized carbons (Fsp3) is 0.312. The first-order chi connectivity index (χ1) is 11.7. The highest BCUT2D eigenvalue weighted by molar-refractivity contribution is 6.03. The lowest BCUT2D eigenvalue weighted by Gasteiger charge is -2.13. The second-order valence-electron chi connectivity index (χ2n) is 5.77. The Hall–Kier alpha value is -2.84. The lowest BCUT2D eigenvalue weighted by Crippen LogP contribution is -2.28. The van der Waals surface area contributed by atoms with Crippen molar-refractivity contribution in [3.63, 3.8) is 0 Å². The van der Waals surface area contributed by atoms with Gasteiger partial charge >= 0.3 is 6.18 Å². The molecule has 0 bridgehead atoms. The molecule has 2 amide bonds. The second-order valence-corrected chi connectivity index (χ2v) is 5.77. The van der Waals surface area contributed by atoms with Gasteiger partial charge in [0.1, 0.15) is 5.76 Å². The topological polar surface area (TPSA) is 75.4 Å². The van der Waals surface area contributed by atoms with Gasteiger partial charge in [0.25, 0.3) is 0 Å². The molecule has 1 aromatic heterocycles. The lowest BCUT2D eigenvalue weighted by molar-refractivity contribution is -0.137. The van der Waals surface area contributed by atoms with E-state index in [9.17, 15) is 22.8 Å². The van der Waals surface area contributed by atoms with Gasteiger partial charge < -0.3 is 9.84 Å². The van der Waals surface area contributed by atoms with Crippen molar-refractivity contribution >= 4 is 23.3 Å². The summed E-state index contributed by atoms with van der Waals surface area (Å²) in [6, 6.07) is 5.72. The van der Waals surface area contributed by atoms with Gasteiger partial charge in [-0.2, -0.15) is 13.2 Å². The minimum absolute atomic E-state index is 0.00161. The van der Waals surface area contributed by atoms with Gasteiger partial charge in [-0.15, -0.1) is 0 Å². The van der Waals surface area contributed by atoms with Crippen LogP contribution in [0.25, 0.3) is 0 Å². The summed E-state index contributed by atoms with van der Waals surface area (Å²) in [4.78, 5) is 25.7. The molecule has 6 nitrogen and oxygen atoms in total. The van der Waals surface area contributed by atoms with Crippen molar-refractivity contribution in [1.82, 2.24) is 5.16 Å². The maximum Gasteiger partial charge on any atom is 0.416 e. The van der Waals surface area contributed by atoms with E-state index in [4.69, 9.17) is 4.52 Å². The Bertz CT molecular complexity index is 799. The standard InChI is InChI=1S/C16H14F3N3O3/c1-9-6-13(21-25-9)22-8-10(7-14(22)23)15(24)20-12-4-2-11(3-5-12)16(17,18)19/h2-6,10H,7-8H2,1H3,(H,20,24). The van der Waals surface area contributed by atoms with Gasteiger partial charge in [-0.1, -0.05) is 5.16 Å². The van der Waals surface area contributed by atoms with Crippen LogP contribution in [0.5, 0.6) is 0 Å². The van der Waals surface area contributed by atoms with Crippen LogP contribution in [0.4, 0.5) is 24.7 Å². The number of alkyl halides is 3. The van der Waals surface area contributed by atoms with E-state index in [-0.39, 0.29) is 24.6 Å². The predicted octanol–water partition coefficient (Wildman–Crippen LogP) is 2.99. The molecule has 0 saturated carbocycles. The highest BCUT2D eigenvalue weighted by Gasteiger charge is 2.36. The molecule has 1 fully saturated rings. The van der Waals surface area contributed by atoms with Crippen molar-refractivity contribution in [3.8, 4) is 0 Å². The number of rotatable bonds is 3. The van der Waals surface area contributed by atoms with Crippen molar-refractivity contribution in [3.05, 3.63) is 41.7 Å². The number of carbonyl (C=O) groups is 2. The number of benzene rings is 1. The van der Waals surface area contributed by atoms with Gasteiger partial charge in [-0.3, -0.25) is 14.5 Å². The molecule has 1 aliphatic rings. The van der Waals surface area contributed by atoms with Crippen molar-refractivity contribution in [2.75, 3.05) is 16.8 Å². The molecule has 0 spiro atoms. The first-order valence-electron chi connectivity index (χ1n) is 7.46. The number of aromatic nitrogens is 1. The number of aryl methyl sites for hydroxylation is 1. The molecule has 132 valence electrons. The molecule has 1 atom stereocenters. The zero-order chi connectivity index (χ0) is 18.2. The molecule has 1 saturated heterocycles. The molecule has 1 aliphatic heterocycles. The first-order valence-corrected chi connectivity index (χ1v) is 7.46. The van der Waals surface area contributed by atoms with E-state index in [2.05, 4.69) is 10.5 Å². The summed E-state index contributed by atoms with van der Waals surface area (Å²) in [7, 11) is 0. The maximum absolute atomic E-state index is 12.5. The van der Waals surface area contributed by atoms with E-state index in [1.807, 2.05) is 0 Å². The van der Waals surface area contributed by atoms with E-state index >= 15 is 0 Å². The second kappa shape index (κ2) is 6.23. The van der Waals surface area contributed by atoms with Gasteiger partial charge in [-0.05, 0) is 31.2 Å². The van der Waals surface area contributed by atoms with E-state index in [0.717, 1.165) is 12.1 Å². The minimum Gasteiger partial charge on any atom is -0.360 e. The van der Waals surface area contributed by atoms with Crippen LogP contribution in [-0.4, -0.2) is 23.5 Å². The third-order valence-electron chi connectivity index (χ3n) is 3.87. The Morgan fingerprint density at radius 2 is 2.00 bits per heavy atom. The Balaban J connectivity index is 1.65. The summed E-state index contributed by atoms with van der Waals surface area (Å²) in [5.41, 5.74) is -0.560. The molecule has 1 unspecified atom stereocenters. The average molecular weight is 353 g/mol. The third kappa shape index (κ3) is 3.65. The molecule has 9 heteroatoms. The molecular weight excluding hydrogens is 339 g/mol. The van der Waals surface area contributed by atoms with E-state index in [1.165, 1.54) is 17.0 Å². The van der Waals surface area contributed by atoms with E-state index < -0.39 is 23.6 Å². The minimum atomic E-state index is -4.43. The number of nitrogens with zero attached hydrogens (tertiary/aromatic N) is 2. The lowest BCUT2D eigenvalue weighted by atomic mass is 10.1. The molecule has 2 heterocycles. The summed E-state index contributed by atoms with van der Waals surface area (Å²) >= 11 is 0. The summed E-state index contributed by atoms with van der Waals surface area (Å²) in [5.74, 6) is -0.434. The molecule has 0 aliphatic carbocycles. The first kappa shape index (κ1) is 17.0. The van der Waals surface area contributed by atoms with Crippen LogP contribution in [0.2, 0.25) is 0 Å². The van der Waals surface area contributed by atoms with Crippen LogP contribution in [0.3, 0.4) is 0 Å². The number of anilines is 2. The molecule has 3 rings (SSSR count). The van der Waals surface area contributed by atoms with Crippen LogP contribution in [0.15, 0.2) is 34.9 Å².